The van der Waals surface area contributed by atoms with Crippen molar-refractivity contribution in [2.45, 2.75) is 52.1 Å². The molecule has 0 radical (unpaired) electrons. The summed E-state index contributed by atoms with van der Waals surface area (Å²) in [6.07, 6.45) is 1.43. The van der Waals surface area contributed by atoms with Crippen molar-refractivity contribution in [2.75, 3.05) is 13.1 Å². The van der Waals surface area contributed by atoms with Gasteiger partial charge in [0.15, 0.2) is 0 Å². The lowest BCUT2D eigenvalue weighted by Gasteiger charge is -2.45. The largest absolute Gasteiger partial charge is 0.297 e. The van der Waals surface area contributed by atoms with E-state index in [0.29, 0.717) is 17.0 Å². The minimum atomic E-state index is -0.238. The minimum absolute atomic E-state index is 0.0598. The second kappa shape index (κ2) is 8.08. The monoisotopic (exact) mass is 315 g/mol. The number of benzene rings is 1. The number of halogens is 2. The highest BCUT2D eigenvalue weighted by molar-refractivity contribution is 6.30. The topological polar surface area (TPSA) is 41.3 Å². The van der Waals surface area contributed by atoms with Crippen LogP contribution in [0.4, 0.5) is 4.39 Å². The van der Waals surface area contributed by atoms with Crippen molar-refractivity contribution in [3.63, 3.8) is 0 Å². The third kappa shape index (κ3) is 4.16. The van der Waals surface area contributed by atoms with Gasteiger partial charge in [-0.25, -0.2) is 4.39 Å². The molecule has 1 rings (SSSR count). The summed E-state index contributed by atoms with van der Waals surface area (Å²) in [6, 6.07) is 4.59. The van der Waals surface area contributed by atoms with E-state index in [9.17, 15) is 4.39 Å². The molecule has 0 spiro atoms. The molecule has 0 amide bonds. The predicted molar refractivity (Wildman–Crippen MR) is 87.8 cm³/mol. The Bertz CT molecular complexity index is 451. The number of hydrazine groups is 1. The van der Waals surface area contributed by atoms with Crippen LogP contribution in [0.2, 0.25) is 5.02 Å². The van der Waals surface area contributed by atoms with Crippen LogP contribution in [-0.2, 0) is 6.42 Å². The van der Waals surface area contributed by atoms with Crippen molar-refractivity contribution < 1.29 is 4.39 Å². The Kier molecular flexibility index (Phi) is 7.07. The fourth-order valence-corrected chi connectivity index (χ4v) is 3.21. The fraction of sp³-hybridized carbons (Fsp3) is 0.625. The SMILES string of the molecule is CCN(CC)C(C)(CC)C(Cc1cc(Cl)ccc1F)NN. The summed E-state index contributed by atoms with van der Waals surface area (Å²) < 4.78 is 14.0. The summed E-state index contributed by atoms with van der Waals surface area (Å²) in [7, 11) is 0. The molecule has 3 nitrogen and oxygen atoms in total. The molecule has 0 aliphatic carbocycles. The maximum absolute atomic E-state index is 14.0. The van der Waals surface area contributed by atoms with E-state index >= 15 is 0 Å². The maximum atomic E-state index is 14.0. The molecule has 0 aliphatic rings. The second-order valence-electron chi connectivity index (χ2n) is 5.54. The van der Waals surface area contributed by atoms with Crippen LogP contribution in [0.3, 0.4) is 0 Å². The molecule has 3 N–H and O–H groups in total. The van der Waals surface area contributed by atoms with Crippen LogP contribution in [0, 0.1) is 5.82 Å². The van der Waals surface area contributed by atoms with E-state index in [4.69, 9.17) is 17.4 Å². The molecule has 120 valence electrons. The zero-order valence-electron chi connectivity index (χ0n) is 13.4. The van der Waals surface area contributed by atoms with Gasteiger partial charge in [-0.2, -0.15) is 0 Å². The van der Waals surface area contributed by atoms with Crippen molar-refractivity contribution >= 4 is 11.6 Å². The first kappa shape index (κ1) is 18.4. The molecule has 0 saturated carbocycles. The highest BCUT2D eigenvalue weighted by atomic mass is 35.5. The molecule has 0 saturated heterocycles. The van der Waals surface area contributed by atoms with Crippen LogP contribution >= 0.6 is 11.6 Å². The Hall–Kier alpha value is -0.680. The molecule has 5 heteroatoms. The summed E-state index contributed by atoms with van der Waals surface area (Å²) >= 11 is 5.98. The number of nitrogens with one attached hydrogen (secondary N) is 1. The van der Waals surface area contributed by atoms with Crippen LogP contribution in [0.15, 0.2) is 18.2 Å². The third-order valence-electron chi connectivity index (χ3n) is 4.59. The molecule has 21 heavy (non-hydrogen) atoms. The first-order valence-corrected chi connectivity index (χ1v) is 7.95. The van der Waals surface area contributed by atoms with E-state index in [2.05, 4.69) is 38.0 Å². The van der Waals surface area contributed by atoms with Crippen molar-refractivity contribution in [1.82, 2.24) is 10.3 Å². The molecule has 1 aromatic rings. The zero-order chi connectivity index (χ0) is 16.0. The Morgan fingerprint density at radius 3 is 2.43 bits per heavy atom. The van der Waals surface area contributed by atoms with Crippen molar-refractivity contribution in [1.29, 1.82) is 0 Å². The summed E-state index contributed by atoms with van der Waals surface area (Å²) in [6.45, 7) is 10.4. The van der Waals surface area contributed by atoms with Gasteiger partial charge in [-0.3, -0.25) is 16.2 Å². The van der Waals surface area contributed by atoms with Gasteiger partial charge in [0, 0.05) is 16.6 Å². The van der Waals surface area contributed by atoms with Gasteiger partial charge in [0.25, 0.3) is 0 Å². The molecule has 0 bridgehead atoms. The first-order chi connectivity index (χ1) is 9.92. The quantitative estimate of drug-likeness (QED) is 0.571. The first-order valence-electron chi connectivity index (χ1n) is 7.57. The Morgan fingerprint density at radius 2 is 1.95 bits per heavy atom. The predicted octanol–water partition coefficient (Wildman–Crippen LogP) is 3.36. The number of hydrogen-bond donors (Lipinski definition) is 2. The van der Waals surface area contributed by atoms with Crippen molar-refractivity contribution in [2.24, 2.45) is 5.84 Å². The molecular formula is C16H27ClFN3. The number of hydrogen-bond acceptors (Lipinski definition) is 3. The van der Waals surface area contributed by atoms with Gasteiger partial charge >= 0.3 is 0 Å². The molecule has 2 unspecified atom stereocenters. The highest BCUT2D eigenvalue weighted by Gasteiger charge is 2.36. The molecule has 0 aliphatic heterocycles. The number of likely N-dealkylation sites (N-methyl/N-ethyl adjacent to an activating group) is 1. The molecule has 1 aromatic carbocycles. The number of rotatable bonds is 8. The van der Waals surface area contributed by atoms with E-state index in [1.54, 1.807) is 12.1 Å². The lowest BCUT2D eigenvalue weighted by Crippen LogP contribution is -2.61. The third-order valence-corrected chi connectivity index (χ3v) is 4.82. The molecule has 0 aromatic heterocycles. The Balaban J connectivity index is 3.07. The standard InChI is InChI=1S/C16H27ClFN3/c1-5-16(4,21(6-2)7-3)15(20-19)11-12-10-13(17)8-9-14(12)18/h8-10,15,20H,5-7,11,19H2,1-4H3. The van der Waals surface area contributed by atoms with Crippen LogP contribution in [-0.4, -0.2) is 29.6 Å². The Morgan fingerprint density at radius 1 is 1.33 bits per heavy atom. The van der Waals surface area contributed by atoms with E-state index in [0.717, 1.165) is 19.5 Å². The van der Waals surface area contributed by atoms with E-state index < -0.39 is 0 Å². The Labute approximate surface area is 132 Å². The summed E-state index contributed by atoms with van der Waals surface area (Å²) in [4.78, 5) is 2.36. The molecular weight excluding hydrogens is 289 g/mol. The van der Waals surface area contributed by atoms with Crippen LogP contribution in [0.25, 0.3) is 0 Å². The van der Waals surface area contributed by atoms with Crippen LogP contribution in [0.1, 0.15) is 39.7 Å². The van der Waals surface area contributed by atoms with Gasteiger partial charge in [0.2, 0.25) is 0 Å². The fourth-order valence-electron chi connectivity index (χ4n) is 3.01. The smallest absolute Gasteiger partial charge is 0.126 e. The molecule has 0 fully saturated rings. The van der Waals surface area contributed by atoms with Gasteiger partial charge in [-0.05, 0) is 56.6 Å². The van der Waals surface area contributed by atoms with E-state index in [-0.39, 0.29) is 17.4 Å². The lowest BCUT2D eigenvalue weighted by atomic mass is 9.83. The lowest BCUT2D eigenvalue weighted by molar-refractivity contribution is 0.0698. The highest BCUT2D eigenvalue weighted by Crippen LogP contribution is 2.27. The van der Waals surface area contributed by atoms with Crippen LogP contribution < -0.4 is 11.3 Å². The average molecular weight is 316 g/mol. The number of nitrogens with zero attached hydrogens (tertiary/aromatic N) is 1. The number of nitrogens with two attached hydrogens (primary N) is 1. The van der Waals surface area contributed by atoms with Gasteiger partial charge in [-0.15, -0.1) is 0 Å². The van der Waals surface area contributed by atoms with E-state index in [1.165, 1.54) is 6.07 Å². The summed E-state index contributed by atoms with van der Waals surface area (Å²) in [5, 5.41) is 0.545. The van der Waals surface area contributed by atoms with Crippen molar-refractivity contribution in [3.8, 4) is 0 Å². The molecule has 2 atom stereocenters. The van der Waals surface area contributed by atoms with Gasteiger partial charge in [0.1, 0.15) is 5.82 Å². The molecule has 0 heterocycles. The van der Waals surface area contributed by atoms with E-state index in [1.807, 2.05) is 0 Å². The van der Waals surface area contributed by atoms with Gasteiger partial charge in [-0.1, -0.05) is 32.4 Å². The maximum Gasteiger partial charge on any atom is 0.126 e. The minimum Gasteiger partial charge on any atom is -0.297 e. The summed E-state index contributed by atoms with van der Waals surface area (Å²) in [5.41, 5.74) is 3.34. The second-order valence-corrected chi connectivity index (χ2v) is 5.98. The van der Waals surface area contributed by atoms with Gasteiger partial charge < -0.3 is 0 Å². The van der Waals surface area contributed by atoms with Gasteiger partial charge in [0.05, 0.1) is 0 Å². The normalized spacial score (nSPS) is 16.0. The van der Waals surface area contributed by atoms with Crippen LogP contribution in [0.5, 0.6) is 0 Å². The zero-order valence-corrected chi connectivity index (χ0v) is 14.2. The summed E-state index contributed by atoms with van der Waals surface area (Å²) in [5.74, 6) is 5.55. The van der Waals surface area contributed by atoms with Crippen molar-refractivity contribution in [3.05, 3.63) is 34.6 Å². The average Bonchev–Trinajstić information content (AvgIpc) is 2.48.